The maximum Gasteiger partial charge on any atom is 0.211 e. The lowest BCUT2D eigenvalue weighted by Crippen LogP contribution is -2.58. The van der Waals surface area contributed by atoms with E-state index in [1.54, 1.807) is 23.5 Å². The van der Waals surface area contributed by atoms with Crippen molar-refractivity contribution in [2.75, 3.05) is 13.2 Å². The van der Waals surface area contributed by atoms with Crippen LogP contribution in [-0.4, -0.2) is 52.5 Å². The van der Waals surface area contributed by atoms with Crippen LogP contribution in [0.3, 0.4) is 0 Å². The molecule has 0 spiro atoms. The smallest absolute Gasteiger partial charge is 0.211 e. The molecule has 2 fully saturated rings. The predicted molar refractivity (Wildman–Crippen MR) is 182 cm³/mol. The summed E-state index contributed by atoms with van der Waals surface area (Å²) in [5.74, 6) is -1.59. The second kappa shape index (κ2) is 15.3. The molecule has 4 aromatic carbocycles. The first kappa shape index (κ1) is 33.7. The van der Waals surface area contributed by atoms with Gasteiger partial charge in [-0.25, -0.2) is 0 Å². The highest BCUT2D eigenvalue weighted by atomic mass is 32.2. The number of benzene rings is 4. The third kappa shape index (κ3) is 8.45. The van der Waals surface area contributed by atoms with Crippen LogP contribution in [0.4, 0.5) is 0 Å². The van der Waals surface area contributed by atoms with Gasteiger partial charge in [0, 0.05) is 14.7 Å². The lowest BCUT2D eigenvalue weighted by molar-refractivity contribution is -0.491. The highest BCUT2D eigenvalue weighted by Crippen LogP contribution is 2.52. The molecule has 6 rings (SSSR count). The van der Waals surface area contributed by atoms with Crippen molar-refractivity contribution in [3.05, 3.63) is 143 Å². The minimum Gasteiger partial charge on any atom is -0.374 e. The van der Waals surface area contributed by atoms with Crippen LogP contribution < -0.4 is 0 Å². The van der Waals surface area contributed by atoms with Crippen LogP contribution in [-0.2, 0) is 36.9 Å². The van der Waals surface area contributed by atoms with Crippen molar-refractivity contribution < 1.29 is 28.6 Å². The van der Waals surface area contributed by atoms with E-state index >= 15 is 0 Å². The quantitative estimate of drug-likeness (QED) is 0.0542. The Morgan fingerprint density at radius 3 is 1.81 bits per heavy atom. The summed E-state index contributed by atoms with van der Waals surface area (Å²) in [5, 5.41) is 12.5. The van der Waals surface area contributed by atoms with Gasteiger partial charge in [0.05, 0.1) is 30.3 Å². The summed E-state index contributed by atoms with van der Waals surface area (Å²) in [6, 6.07) is 39.6. The van der Waals surface area contributed by atoms with Gasteiger partial charge in [0.2, 0.25) is 6.54 Å². The zero-order valence-corrected chi connectivity index (χ0v) is 28.0. The van der Waals surface area contributed by atoms with Gasteiger partial charge in [-0.05, 0) is 49.2 Å². The van der Waals surface area contributed by atoms with Crippen LogP contribution in [0.1, 0.15) is 25.0 Å². The Morgan fingerprint density at radius 1 is 0.766 bits per heavy atom. The topological polar surface area (TPSA) is 89.3 Å². The fraction of sp³-hybridized carbons (Fsp3) is 0.351. The maximum atomic E-state index is 12.5. The molecule has 2 unspecified atom stereocenters. The Bertz CT molecular complexity index is 1520. The molecule has 2 aliphatic rings. The van der Waals surface area contributed by atoms with Crippen molar-refractivity contribution in [1.82, 2.24) is 0 Å². The Labute approximate surface area is 284 Å². The molecule has 0 aliphatic carbocycles. The minimum atomic E-state index is -1.24. The first-order valence-electron chi connectivity index (χ1n) is 15.7. The maximum absolute atomic E-state index is 12.5. The molecule has 2 saturated heterocycles. The van der Waals surface area contributed by atoms with Crippen molar-refractivity contribution in [1.29, 1.82) is 0 Å². The number of rotatable bonds is 15. The number of nitro groups is 1. The van der Waals surface area contributed by atoms with Crippen LogP contribution in [0.2, 0.25) is 0 Å². The number of thioether (sulfide) groups is 2. The van der Waals surface area contributed by atoms with Crippen molar-refractivity contribution in [2.24, 2.45) is 5.92 Å². The first-order chi connectivity index (χ1) is 22.8. The van der Waals surface area contributed by atoms with Gasteiger partial charge in [-0.1, -0.05) is 97.1 Å². The molecule has 8 nitrogen and oxygen atoms in total. The zero-order valence-electron chi connectivity index (χ0n) is 26.4. The van der Waals surface area contributed by atoms with Crippen LogP contribution >= 0.6 is 23.5 Å². The van der Waals surface area contributed by atoms with Crippen molar-refractivity contribution >= 4 is 23.5 Å². The molecule has 0 aromatic heterocycles. The van der Waals surface area contributed by atoms with E-state index in [1.165, 1.54) is 0 Å². The average molecular weight is 674 g/mol. The monoisotopic (exact) mass is 673 g/mol. The van der Waals surface area contributed by atoms with Crippen LogP contribution in [0, 0.1) is 16.0 Å². The SMILES string of the molecule is CC1(C)OC2[C@H](O[C@H]([C@@H](C[N+](=O)[O-])C(Sc3ccccc3)Sc3ccccc3)C2(COCc2ccccc2)OCc2ccccc2)O1. The second-order valence-corrected chi connectivity index (χ2v) is 14.8. The van der Waals surface area contributed by atoms with Gasteiger partial charge >= 0.3 is 0 Å². The molecule has 10 heteroatoms. The van der Waals surface area contributed by atoms with Crippen molar-refractivity contribution in [2.45, 2.75) is 71.3 Å². The van der Waals surface area contributed by atoms with Gasteiger partial charge < -0.3 is 23.7 Å². The summed E-state index contributed by atoms with van der Waals surface area (Å²) in [6.45, 7) is 3.96. The van der Waals surface area contributed by atoms with Gasteiger partial charge in [-0.2, -0.15) is 0 Å². The molecular weight excluding hydrogens is 635 g/mol. The summed E-state index contributed by atoms with van der Waals surface area (Å²) in [6.07, 6.45) is -2.30. The van der Waals surface area contributed by atoms with Gasteiger partial charge in [0.15, 0.2) is 12.1 Å². The molecular formula is C37H39NO7S2. The number of nitrogens with zero attached hydrogens (tertiary/aromatic N) is 1. The molecule has 0 bridgehead atoms. The number of hydrogen-bond acceptors (Lipinski definition) is 9. The molecule has 246 valence electrons. The first-order valence-corrected chi connectivity index (χ1v) is 17.4. The molecule has 0 saturated carbocycles. The minimum absolute atomic E-state index is 0.0763. The fourth-order valence-corrected chi connectivity index (χ4v) is 8.90. The normalized spacial score (nSPS) is 23.9. The van der Waals surface area contributed by atoms with Crippen LogP contribution in [0.5, 0.6) is 0 Å². The van der Waals surface area contributed by atoms with E-state index in [4.69, 9.17) is 23.7 Å². The van der Waals surface area contributed by atoms with E-state index in [9.17, 15) is 10.1 Å². The van der Waals surface area contributed by atoms with Crippen molar-refractivity contribution in [3.63, 3.8) is 0 Å². The van der Waals surface area contributed by atoms with Crippen molar-refractivity contribution in [3.8, 4) is 0 Å². The summed E-state index contributed by atoms with van der Waals surface area (Å²) in [4.78, 5) is 14.2. The van der Waals surface area contributed by atoms with E-state index < -0.39 is 35.8 Å². The Kier molecular flexibility index (Phi) is 11.0. The molecule has 0 N–H and O–H groups in total. The van der Waals surface area contributed by atoms with Gasteiger partial charge in [-0.3, -0.25) is 10.1 Å². The van der Waals surface area contributed by atoms with Gasteiger partial charge in [0.25, 0.3) is 0 Å². The Balaban J connectivity index is 1.41. The van der Waals surface area contributed by atoms with Crippen LogP contribution in [0.15, 0.2) is 131 Å². The number of ether oxygens (including phenoxy) is 5. The van der Waals surface area contributed by atoms with E-state index in [1.807, 2.05) is 135 Å². The van der Waals surface area contributed by atoms with E-state index in [0.29, 0.717) is 6.61 Å². The third-order valence-corrected chi connectivity index (χ3v) is 11.0. The van der Waals surface area contributed by atoms with E-state index in [2.05, 4.69) is 0 Å². The molecule has 0 amide bonds. The molecule has 2 heterocycles. The second-order valence-electron chi connectivity index (χ2n) is 12.1. The predicted octanol–water partition coefficient (Wildman–Crippen LogP) is 7.84. The van der Waals surface area contributed by atoms with E-state index in [0.717, 1.165) is 20.9 Å². The molecule has 4 aromatic rings. The Hall–Kier alpha value is -3.22. The summed E-state index contributed by atoms with van der Waals surface area (Å²) < 4.78 is 32.7. The highest BCUT2D eigenvalue weighted by molar-refractivity contribution is 8.17. The molecule has 5 atom stereocenters. The standard InChI is InChI=1S/C37H39NO7S2/c1-36(2)44-33-34(45-36)43-32(37(33,42-25-28-17-9-4-10-18-28)26-41-24-27-15-7-3-8-16-27)31(23-38(39)40)35(46-29-19-11-5-12-20-29)47-30-21-13-6-14-22-30/h3-22,31-35H,23-26H2,1-2H3/t31-,32-,33?,34-,37?/m1/s1. The third-order valence-electron chi connectivity index (χ3n) is 8.18. The molecule has 2 aliphatic heterocycles. The molecule has 47 heavy (non-hydrogen) atoms. The summed E-state index contributed by atoms with van der Waals surface area (Å²) in [5.41, 5.74) is 0.715. The highest BCUT2D eigenvalue weighted by Gasteiger charge is 2.67. The number of hydrogen-bond donors (Lipinski definition) is 0. The van der Waals surface area contributed by atoms with Gasteiger partial charge in [-0.15, -0.1) is 23.5 Å². The summed E-state index contributed by atoms with van der Waals surface area (Å²) >= 11 is 3.17. The zero-order chi connectivity index (χ0) is 32.7. The Morgan fingerprint density at radius 2 is 1.28 bits per heavy atom. The lowest BCUT2D eigenvalue weighted by atomic mass is 9.85. The summed E-state index contributed by atoms with van der Waals surface area (Å²) in [7, 11) is 0. The average Bonchev–Trinajstić information content (AvgIpc) is 3.54. The van der Waals surface area contributed by atoms with Gasteiger partial charge in [0.1, 0.15) is 17.8 Å². The lowest BCUT2D eigenvalue weighted by Gasteiger charge is -2.41. The largest absolute Gasteiger partial charge is 0.374 e. The fourth-order valence-electron chi connectivity index (χ4n) is 6.07. The van der Waals surface area contributed by atoms with Crippen LogP contribution in [0.25, 0.3) is 0 Å². The molecule has 0 radical (unpaired) electrons. The van der Waals surface area contributed by atoms with E-state index in [-0.39, 0.29) is 29.3 Å². The number of fused-ring (bicyclic) bond motifs is 1.